The van der Waals surface area contributed by atoms with E-state index in [0.29, 0.717) is 22.0 Å². The predicted molar refractivity (Wildman–Crippen MR) is 107 cm³/mol. The summed E-state index contributed by atoms with van der Waals surface area (Å²) in [5, 5.41) is 13.3. The topological polar surface area (TPSA) is 125 Å². The van der Waals surface area contributed by atoms with Crippen molar-refractivity contribution in [3.63, 3.8) is 0 Å². The standard InChI is InChI=1S/C19H25N5O4S/c1-11(2)21-19(25)28-13-7-6-12(8-13)16-9-18(24-23-16)22-15-4-3-5-17-14(15)10-20-29(17,26)27/h3-5,9,11-13,20H,6-8,10H2,1-2H3,(H,21,25)(H2,22,23,24)/t12-,13+/m0/s1. The lowest BCUT2D eigenvalue weighted by molar-refractivity contribution is 0.0981. The molecule has 0 unspecified atom stereocenters. The number of benzene rings is 1. The molecule has 9 nitrogen and oxygen atoms in total. The third-order valence-electron chi connectivity index (χ3n) is 5.23. The first-order chi connectivity index (χ1) is 13.8. The van der Waals surface area contributed by atoms with E-state index in [4.69, 9.17) is 4.74 Å². The maximum atomic E-state index is 12.0. The highest BCUT2D eigenvalue weighted by atomic mass is 32.2. The third-order valence-corrected chi connectivity index (χ3v) is 6.71. The first-order valence-corrected chi connectivity index (χ1v) is 11.2. The Balaban J connectivity index is 1.40. The summed E-state index contributed by atoms with van der Waals surface area (Å²) in [6, 6.07) is 7.12. The van der Waals surface area contributed by atoms with Crippen LogP contribution < -0.4 is 15.4 Å². The number of nitrogens with one attached hydrogen (secondary N) is 4. The van der Waals surface area contributed by atoms with E-state index in [1.165, 1.54) is 0 Å². The van der Waals surface area contributed by atoms with E-state index in [1.807, 2.05) is 26.0 Å². The second-order valence-corrected chi connectivity index (χ2v) is 9.51. The van der Waals surface area contributed by atoms with Gasteiger partial charge in [-0.15, -0.1) is 0 Å². The van der Waals surface area contributed by atoms with Gasteiger partial charge in [0.25, 0.3) is 0 Å². The largest absolute Gasteiger partial charge is 0.446 e. The van der Waals surface area contributed by atoms with Gasteiger partial charge >= 0.3 is 6.09 Å². The molecule has 0 saturated heterocycles. The number of sulfonamides is 1. The average Bonchev–Trinajstić information content (AvgIpc) is 3.35. The minimum absolute atomic E-state index is 0.0468. The Morgan fingerprint density at radius 1 is 1.31 bits per heavy atom. The maximum Gasteiger partial charge on any atom is 0.407 e. The zero-order valence-electron chi connectivity index (χ0n) is 16.4. The van der Waals surface area contributed by atoms with E-state index in [9.17, 15) is 13.2 Å². The Hall–Kier alpha value is -2.59. The van der Waals surface area contributed by atoms with Gasteiger partial charge in [0.2, 0.25) is 10.0 Å². The van der Waals surface area contributed by atoms with E-state index < -0.39 is 10.0 Å². The predicted octanol–water partition coefficient (Wildman–Crippen LogP) is 2.72. The molecule has 1 aliphatic heterocycles. The molecule has 1 aliphatic carbocycles. The normalized spacial score (nSPS) is 22.4. The van der Waals surface area contributed by atoms with Gasteiger partial charge in [-0.25, -0.2) is 17.9 Å². The quantitative estimate of drug-likeness (QED) is 0.590. The van der Waals surface area contributed by atoms with Crippen LogP contribution in [0.25, 0.3) is 0 Å². The van der Waals surface area contributed by atoms with Crippen LogP contribution >= 0.6 is 0 Å². The van der Waals surface area contributed by atoms with Crippen LogP contribution in [0.1, 0.15) is 50.3 Å². The smallest absolute Gasteiger partial charge is 0.407 e. The van der Waals surface area contributed by atoms with Crippen molar-refractivity contribution in [2.45, 2.75) is 62.6 Å². The summed E-state index contributed by atoms with van der Waals surface area (Å²) in [4.78, 5) is 12.1. The van der Waals surface area contributed by atoms with Crippen LogP contribution in [0.3, 0.4) is 0 Å². The van der Waals surface area contributed by atoms with Crippen molar-refractivity contribution in [1.29, 1.82) is 0 Å². The van der Waals surface area contributed by atoms with Gasteiger partial charge in [0, 0.05) is 41.5 Å². The number of carbonyl (C=O) groups excluding carboxylic acids is 1. The van der Waals surface area contributed by atoms with E-state index >= 15 is 0 Å². The van der Waals surface area contributed by atoms with Crippen molar-refractivity contribution < 1.29 is 17.9 Å². The molecular formula is C19H25N5O4S. The fourth-order valence-corrected chi connectivity index (χ4v) is 5.11. The maximum absolute atomic E-state index is 12.0. The zero-order chi connectivity index (χ0) is 20.6. The number of amides is 1. The van der Waals surface area contributed by atoms with Gasteiger partial charge in [-0.05, 0) is 45.2 Å². The van der Waals surface area contributed by atoms with Gasteiger partial charge in [-0.1, -0.05) is 6.07 Å². The fraction of sp³-hybridized carbons (Fsp3) is 0.474. The number of anilines is 2. The second kappa shape index (κ2) is 7.68. The molecule has 2 aliphatic rings. The lowest BCUT2D eigenvalue weighted by Gasteiger charge is -2.14. The number of rotatable bonds is 5. The number of aromatic nitrogens is 2. The Labute approximate surface area is 169 Å². The number of H-pyrrole nitrogens is 1. The van der Waals surface area contributed by atoms with Crippen LogP contribution in [0.15, 0.2) is 29.2 Å². The Kier molecular flexibility index (Phi) is 5.22. The summed E-state index contributed by atoms with van der Waals surface area (Å²) >= 11 is 0. The average molecular weight is 420 g/mol. The second-order valence-electron chi connectivity index (χ2n) is 7.78. The molecule has 4 N–H and O–H groups in total. The number of fused-ring (bicyclic) bond motifs is 1. The monoisotopic (exact) mass is 419 g/mol. The van der Waals surface area contributed by atoms with Gasteiger partial charge < -0.3 is 15.4 Å². The Bertz CT molecular complexity index is 1020. The van der Waals surface area contributed by atoms with Gasteiger partial charge in [-0.3, -0.25) is 5.10 Å². The molecule has 1 aromatic carbocycles. The molecule has 4 rings (SSSR count). The van der Waals surface area contributed by atoms with Crippen molar-refractivity contribution in [2.75, 3.05) is 5.32 Å². The molecule has 0 bridgehead atoms. The molecule has 1 amide bonds. The SMILES string of the molecule is CC(C)NC(=O)O[C@@H]1CC[C@H](c2cc(Nc3cccc4c3CNS4(=O)=O)n[nH]2)C1. The molecule has 2 aromatic rings. The van der Waals surface area contributed by atoms with Crippen LogP contribution in [-0.2, 0) is 21.3 Å². The van der Waals surface area contributed by atoms with Crippen LogP contribution in [0.5, 0.6) is 0 Å². The van der Waals surface area contributed by atoms with Gasteiger partial charge in [0.1, 0.15) is 6.10 Å². The molecule has 10 heteroatoms. The molecule has 1 fully saturated rings. The molecule has 1 saturated carbocycles. The van der Waals surface area contributed by atoms with Crippen molar-refractivity contribution in [1.82, 2.24) is 20.2 Å². The zero-order valence-corrected chi connectivity index (χ0v) is 17.2. The number of hydrogen-bond donors (Lipinski definition) is 4. The van der Waals surface area contributed by atoms with E-state index in [2.05, 4.69) is 25.6 Å². The van der Waals surface area contributed by atoms with Crippen LogP contribution in [0, 0.1) is 0 Å². The first kappa shape index (κ1) is 19.7. The van der Waals surface area contributed by atoms with E-state index in [-0.39, 0.29) is 30.7 Å². The molecular weight excluding hydrogens is 394 g/mol. The summed E-state index contributed by atoms with van der Waals surface area (Å²) < 4.78 is 32.0. The van der Waals surface area contributed by atoms with E-state index in [1.54, 1.807) is 12.1 Å². The molecule has 2 atom stereocenters. The number of nitrogens with zero attached hydrogens (tertiary/aromatic N) is 1. The van der Waals surface area contributed by atoms with E-state index in [0.717, 1.165) is 25.0 Å². The molecule has 29 heavy (non-hydrogen) atoms. The molecule has 0 spiro atoms. The molecule has 1 aromatic heterocycles. The molecule has 156 valence electrons. The number of carbonyl (C=O) groups is 1. The van der Waals surface area contributed by atoms with Gasteiger partial charge in [-0.2, -0.15) is 5.10 Å². The van der Waals surface area contributed by atoms with Crippen LogP contribution in [0.2, 0.25) is 0 Å². The molecule has 2 heterocycles. The Morgan fingerprint density at radius 2 is 2.14 bits per heavy atom. The van der Waals surface area contributed by atoms with Gasteiger partial charge in [0.15, 0.2) is 5.82 Å². The highest BCUT2D eigenvalue weighted by Crippen LogP contribution is 2.36. The van der Waals surface area contributed by atoms with Crippen molar-refractivity contribution >= 4 is 27.6 Å². The Morgan fingerprint density at radius 3 is 2.93 bits per heavy atom. The highest BCUT2D eigenvalue weighted by molar-refractivity contribution is 7.89. The lowest BCUT2D eigenvalue weighted by atomic mass is 10.0. The number of aromatic amines is 1. The minimum Gasteiger partial charge on any atom is -0.446 e. The first-order valence-electron chi connectivity index (χ1n) is 9.73. The summed E-state index contributed by atoms with van der Waals surface area (Å²) in [5.41, 5.74) is 2.40. The summed E-state index contributed by atoms with van der Waals surface area (Å²) in [5.74, 6) is 0.859. The van der Waals surface area contributed by atoms with Crippen molar-refractivity contribution in [3.05, 3.63) is 35.5 Å². The number of hydrogen-bond acceptors (Lipinski definition) is 6. The molecule has 0 radical (unpaired) electrons. The summed E-state index contributed by atoms with van der Waals surface area (Å²) in [6.45, 7) is 4.05. The lowest BCUT2D eigenvalue weighted by Crippen LogP contribution is -2.33. The number of alkyl carbamates (subject to hydrolysis) is 1. The van der Waals surface area contributed by atoms with Crippen LogP contribution in [-0.4, -0.2) is 36.9 Å². The summed E-state index contributed by atoms with van der Waals surface area (Å²) in [7, 11) is -3.42. The number of ether oxygens (including phenoxy) is 1. The van der Waals surface area contributed by atoms with Gasteiger partial charge in [0.05, 0.1) is 4.90 Å². The van der Waals surface area contributed by atoms with Crippen LogP contribution in [0.4, 0.5) is 16.3 Å². The fourth-order valence-electron chi connectivity index (χ4n) is 3.86. The summed E-state index contributed by atoms with van der Waals surface area (Å²) in [6.07, 6.45) is 1.99. The third kappa shape index (κ3) is 4.23. The minimum atomic E-state index is -3.42. The van der Waals surface area contributed by atoms with Crippen molar-refractivity contribution in [3.8, 4) is 0 Å². The highest BCUT2D eigenvalue weighted by Gasteiger charge is 2.31. The van der Waals surface area contributed by atoms with Crippen molar-refractivity contribution in [2.24, 2.45) is 0 Å².